The van der Waals surface area contributed by atoms with Crippen molar-refractivity contribution in [2.45, 2.75) is 17.0 Å². The minimum atomic E-state index is 0.0412. The van der Waals surface area contributed by atoms with Crippen LogP contribution in [0.1, 0.15) is 11.3 Å². The molecule has 98 valence electrons. The summed E-state index contributed by atoms with van der Waals surface area (Å²) in [6.45, 7) is 1.83. The molecule has 0 bridgehead atoms. The van der Waals surface area contributed by atoms with Crippen molar-refractivity contribution in [3.8, 4) is 0 Å². The second-order valence-electron chi connectivity index (χ2n) is 3.71. The SMILES string of the molecule is Cc1cc(/C(N)=N/O)cc(Sc2ncccc2Cl)n1. The number of oxime groups is 1. The number of aryl methyl sites for hydroxylation is 1. The first-order chi connectivity index (χ1) is 9.10. The lowest BCUT2D eigenvalue weighted by atomic mass is 10.2. The zero-order valence-electron chi connectivity index (χ0n) is 10.0. The fourth-order valence-electron chi connectivity index (χ4n) is 1.44. The van der Waals surface area contributed by atoms with Gasteiger partial charge in [0.1, 0.15) is 10.1 Å². The van der Waals surface area contributed by atoms with E-state index in [2.05, 4.69) is 15.1 Å². The first kappa shape index (κ1) is 13.6. The van der Waals surface area contributed by atoms with Crippen LogP contribution in [0.15, 0.2) is 45.7 Å². The van der Waals surface area contributed by atoms with E-state index in [0.29, 0.717) is 20.6 Å². The van der Waals surface area contributed by atoms with Crippen molar-refractivity contribution in [1.82, 2.24) is 9.97 Å². The van der Waals surface area contributed by atoms with Crippen molar-refractivity contribution in [2.24, 2.45) is 10.9 Å². The molecule has 19 heavy (non-hydrogen) atoms. The summed E-state index contributed by atoms with van der Waals surface area (Å²) in [5, 5.41) is 13.6. The largest absolute Gasteiger partial charge is 0.409 e. The number of hydrogen-bond acceptors (Lipinski definition) is 5. The van der Waals surface area contributed by atoms with E-state index in [1.54, 1.807) is 30.5 Å². The van der Waals surface area contributed by atoms with E-state index in [1.807, 2.05) is 6.92 Å². The van der Waals surface area contributed by atoms with Crippen molar-refractivity contribution in [2.75, 3.05) is 0 Å². The minimum absolute atomic E-state index is 0.0412. The van der Waals surface area contributed by atoms with Crippen molar-refractivity contribution >= 4 is 29.2 Å². The Hall–Kier alpha value is -1.79. The van der Waals surface area contributed by atoms with Crippen LogP contribution in [0.5, 0.6) is 0 Å². The van der Waals surface area contributed by atoms with Gasteiger partial charge < -0.3 is 10.9 Å². The molecule has 0 saturated heterocycles. The normalized spacial score (nSPS) is 11.6. The van der Waals surface area contributed by atoms with Gasteiger partial charge in [0.25, 0.3) is 0 Å². The van der Waals surface area contributed by atoms with Gasteiger partial charge in [-0.15, -0.1) is 0 Å². The van der Waals surface area contributed by atoms with Gasteiger partial charge in [0.2, 0.25) is 0 Å². The van der Waals surface area contributed by atoms with Crippen molar-refractivity contribution in [3.05, 3.63) is 46.7 Å². The first-order valence-electron chi connectivity index (χ1n) is 5.35. The molecule has 0 unspecified atom stereocenters. The molecule has 2 rings (SSSR count). The third kappa shape index (κ3) is 3.36. The van der Waals surface area contributed by atoms with Gasteiger partial charge in [0.15, 0.2) is 5.84 Å². The number of nitrogens with zero attached hydrogens (tertiary/aromatic N) is 3. The molecule has 2 aromatic rings. The van der Waals surface area contributed by atoms with Gasteiger partial charge >= 0.3 is 0 Å². The molecular formula is C12H11ClN4OS. The molecule has 2 heterocycles. The lowest BCUT2D eigenvalue weighted by molar-refractivity contribution is 0.318. The van der Waals surface area contributed by atoms with Crippen LogP contribution >= 0.6 is 23.4 Å². The van der Waals surface area contributed by atoms with Crippen LogP contribution in [-0.4, -0.2) is 21.0 Å². The predicted octanol–water partition coefficient (Wildman–Crippen LogP) is 2.68. The Bertz CT molecular complexity index is 633. The number of halogens is 1. The molecule has 0 atom stereocenters. The Morgan fingerprint density at radius 1 is 1.47 bits per heavy atom. The highest BCUT2D eigenvalue weighted by Gasteiger charge is 2.08. The number of hydrogen-bond donors (Lipinski definition) is 2. The van der Waals surface area contributed by atoms with Crippen LogP contribution in [0.25, 0.3) is 0 Å². The molecule has 2 aromatic heterocycles. The molecule has 0 aromatic carbocycles. The van der Waals surface area contributed by atoms with Crippen LogP contribution < -0.4 is 5.73 Å². The molecule has 0 amide bonds. The molecule has 0 aliphatic rings. The van der Waals surface area contributed by atoms with E-state index in [-0.39, 0.29) is 5.84 Å². The highest BCUT2D eigenvalue weighted by molar-refractivity contribution is 7.99. The summed E-state index contributed by atoms with van der Waals surface area (Å²) in [5.74, 6) is 0.0412. The summed E-state index contributed by atoms with van der Waals surface area (Å²) < 4.78 is 0. The maximum absolute atomic E-state index is 8.71. The molecule has 0 spiro atoms. The smallest absolute Gasteiger partial charge is 0.170 e. The van der Waals surface area contributed by atoms with Crippen LogP contribution in [0.4, 0.5) is 0 Å². The Kier molecular flexibility index (Phi) is 4.24. The molecule has 5 nitrogen and oxygen atoms in total. The van der Waals surface area contributed by atoms with Gasteiger partial charge in [0.05, 0.1) is 5.02 Å². The Labute approximate surface area is 119 Å². The summed E-state index contributed by atoms with van der Waals surface area (Å²) in [5.41, 5.74) is 6.94. The van der Waals surface area contributed by atoms with Crippen molar-refractivity contribution < 1.29 is 5.21 Å². The van der Waals surface area contributed by atoms with Gasteiger partial charge in [-0.1, -0.05) is 16.8 Å². The summed E-state index contributed by atoms with van der Waals surface area (Å²) in [7, 11) is 0. The molecule has 7 heteroatoms. The molecule has 0 aliphatic carbocycles. The van der Waals surface area contributed by atoms with Gasteiger partial charge in [-0.25, -0.2) is 9.97 Å². The zero-order valence-corrected chi connectivity index (χ0v) is 11.6. The van der Waals surface area contributed by atoms with E-state index in [4.69, 9.17) is 22.5 Å². The van der Waals surface area contributed by atoms with Gasteiger partial charge in [-0.3, -0.25) is 0 Å². The Morgan fingerprint density at radius 3 is 2.95 bits per heavy atom. The number of nitrogens with two attached hydrogens (primary N) is 1. The van der Waals surface area contributed by atoms with Crippen LogP contribution in [-0.2, 0) is 0 Å². The number of rotatable bonds is 3. The summed E-state index contributed by atoms with van der Waals surface area (Å²) in [6, 6.07) is 6.98. The predicted molar refractivity (Wildman–Crippen MR) is 74.9 cm³/mol. The Balaban J connectivity index is 2.36. The quantitative estimate of drug-likeness (QED) is 0.393. The molecule has 0 saturated carbocycles. The topological polar surface area (TPSA) is 84.4 Å². The highest BCUT2D eigenvalue weighted by atomic mass is 35.5. The van der Waals surface area contributed by atoms with Gasteiger partial charge in [0, 0.05) is 17.5 Å². The zero-order chi connectivity index (χ0) is 13.8. The van der Waals surface area contributed by atoms with Crippen LogP contribution in [0.3, 0.4) is 0 Å². The average molecular weight is 295 g/mol. The highest BCUT2D eigenvalue weighted by Crippen LogP contribution is 2.30. The van der Waals surface area contributed by atoms with E-state index >= 15 is 0 Å². The maximum atomic E-state index is 8.71. The second-order valence-corrected chi connectivity index (χ2v) is 5.13. The fourth-order valence-corrected chi connectivity index (χ4v) is 2.53. The van der Waals surface area contributed by atoms with E-state index in [0.717, 1.165) is 5.69 Å². The van der Waals surface area contributed by atoms with Crippen LogP contribution in [0, 0.1) is 6.92 Å². The second kappa shape index (κ2) is 5.90. The number of pyridine rings is 2. The molecule has 0 aliphatic heterocycles. The van der Waals surface area contributed by atoms with Crippen molar-refractivity contribution in [1.29, 1.82) is 0 Å². The molecule has 0 radical (unpaired) electrons. The molecule has 3 N–H and O–H groups in total. The third-order valence-corrected chi connectivity index (χ3v) is 3.61. The minimum Gasteiger partial charge on any atom is -0.409 e. The average Bonchev–Trinajstić information content (AvgIpc) is 2.40. The van der Waals surface area contributed by atoms with E-state index < -0.39 is 0 Å². The Morgan fingerprint density at radius 2 is 2.26 bits per heavy atom. The standard InChI is InChI=1S/C12H11ClN4OS/c1-7-5-8(11(14)17-18)6-10(16-7)19-12-9(13)3-2-4-15-12/h2-6,18H,1H3,(H2,14,17). The van der Waals surface area contributed by atoms with Gasteiger partial charge in [-0.2, -0.15) is 0 Å². The lowest BCUT2D eigenvalue weighted by Gasteiger charge is -2.06. The number of amidine groups is 1. The van der Waals surface area contributed by atoms with E-state index in [9.17, 15) is 0 Å². The number of aromatic nitrogens is 2. The van der Waals surface area contributed by atoms with Crippen molar-refractivity contribution in [3.63, 3.8) is 0 Å². The summed E-state index contributed by atoms with van der Waals surface area (Å²) in [4.78, 5) is 8.54. The lowest BCUT2D eigenvalue weighted by Crippen LogP contribution is -2.13. The van der Waals surface area contributed by atoms with Crippen LogP contribution in [0.2, 0.25) is 5.02 Å². The monoisotopic (exact) mass is 294 g/mol. The molecule has 0 fully saturated rings. The fraction of sp³-hybridized carbons (Fsp3) is 0.0833. The molecular weight excluding hydrogens is 284 g/mol. The maximum Gasteiger partial charge on any atom is 0.170 e. The first-order valence-corrected chi connectivity index (χ1v) is 6.54. The summed E-state index contributed by atoms with van der Waals surface area (Å²) >= 11 is 7.37. The summed E-state index contributed by atoms with van der Waals surface area (Å²) in [6.07, 6.45) is 1.66. The van der Waals surface area contributed by atoms with Gasteiger partial charge in [-0.05, 0) is 43.0 Å². The van der Waals surface area contributed by atoms with E-state index in [1.165, 1.54) is 11.8 Å². The third-order valence-electron chi connectivity index (χ3n) is 2.26.